The maximum absolute atomic E-state index is 13.9. The molecule has 1 saturated carbocycles. The van der Waals surface area contributed by atoms with Crippen molar-refractivity contribution < 1.29 is 12.8 Å². The number of halogens is 1. The van der Waals surface area contributed by atoms with Crippen molar-refractivity contribution in [3.8, 4) is 0 Å². The molecule has 1 N–H and O–H groups in total. The molecule has 1 aliphatic carbocycles. The summed E-state index contributed by atoms with van der Waals surface area (Å²) in [5.41, 5.74) is 0.759. The minimum atomic E-state index is -3.75. The van der Waals surface area contributed by atoms with E-state index < -0.39 is 15.8 Å². The van der Waals surface area contributed by atoms with Gasteiger partial charge in [-0.05, 0) is 43.5 Å². The van der Waals surface area contributed by atoms with Crippen LogP contribution >= 0.6 is 0 Å². The zero-order valence-corrected chi connectivity index (χ0v) is 12.7. The minimum absolute atomic E-state index is 0.215. The molecule has 0 bridgehead atoms. The van der Waals surface area contributed by atoms with Gasteiger partial charge >= 0.3 is 0 Å². The molecule has 4 nitrogen and oxygen atoms in total. The standard InChI is InChI=1S/C14H21FN2O2S/c1-3-17(10-11-4-5-11)20(18,19)14-8-12(9-16-2)6-7-13(14)15/h6-8,11,16H,3-5,9-10H2,1-2H3. The minimum Gasteiger partial charge on any atom is -0.316 e. The summed E-state index contributed by atoms with van der Waals surface area (Å²) in [6.45, 7) is 3.16. The molecule has 1 aliphatic rings. The molecule has 1 aromatic rings. The number of sulfonamides is 1. The normalized spacial score (nSPS) is 15.8. The highest BCUT2D eigenvalue weighted by molar-refractivity contribution is 7.89. The Hall–Kier alpha value is -0.980. The summed E-state index contributed by atoms with van der Waals surface area (Å²) in [6, 6.07) is 4.25. The van der Waals surface area contributed by atoms with Gasteiger partial charge in [-0.2, -0.15) is 4.31 Å². The van der Waals surface area contributed by atoms with Gasteiger partial charge in [0.2, 0.25) is 10.0 Å². The summed E-state index contributed by atoms with van der Waals surface area (Å²) >= 11 is 0. The Balaban J connectivity index is 2.33. The predicted molar refractivity (Wildman–Crippen MR) is 76.3 cm³/mol. The molecule has 0 radical (unpaired) electrons. The van der Waals surface area contributed by atoms with Gasteiger partial charge in [0.25, 0.3) is 0 Å². The Labute approximate surface area is 120 Å². The predicted octanol–water partition coefficient (Wildman–Crippen LogP) is 1.97. The average Bonchev–Trinajstić information content (AvgIpc) is 3.22. The molecule has 1 aromatic carbocycles. The number of hydrogen-bond acceptors (Lipinski definition) is 3. The molecule has 112 valence electrons. The molecule has 0 heterocycles. The lowest BCUT2D eigenvalue weighted by Gasteiger charge is -2.21. The van der Waals surface area contributed by atoms with Crippen molar-refractivity contribution in [1.29, 1.82) is 0 Å². The largest absolute Gasteiger partial charge is 0.316 e. The number of nitrogens with zero attached hydrogens (tertiary/aromatic N) is 1. The molecule has 2 rings (SSSR count). The highest BCUT2D eigenvalue weighted by atomic mass is 32.2. The van der Waals surface area contributed by atoms with Crippen molar-refractivity contribution in [2.75, 3.05) is 20.1 Å². The van der Waals surface area contributed by atoms with Crippen molar-refractivity contribution in [1.82, 2.24) is 9.62 Å². The average molecular weight is 300 g/mol. The molecular weight excluding hydrogens is 279 g/mol. The van der Waals surface area contributed by atoms with E-state index in [1.165, 1.54) is 16.4 Å². The first-order chi connectivity index (χ1) is 9.48. The summed E-state index contributed by atoms with van der Waals surface area (Å²) in [5, 5.41) is 2.94. The SMILES string of the molecule is CCN(CC1CC1)S(=O)(=O)c1cc(CNC)ccc1F. The van der Waals surface area contributed by atoms with Crippen molar-refractivity contribution in [2.24, 2.45) is 5.92 Å². The summed E-state index contributed by atoms with van der Waals surface area (Å²) < 4.78 is 40.4. The lowest BCUT2D eigenvalue weighted by molar-refractivity contribution is 0.408. The van der Waals surface area contributed by atoms with Crippen LogP contribution in [0.1, 0.15) is 25.3 Å². The first-order valence-electron chi connectivity index (χ1n) is 6.92. The van der Waals surface area contributed by atoms with Gasteiger partial charge in [0, 0.05) is 19.6 Å². The van der Waals surface area contributed by atoms with E-state index in [4.69, 9.17) is 0 Å². The van der Waals surface area contributed by atoms with Gasteiger partial charge in [-0.3, -0.25) is 0 Å². The van der Waals surface area contributed by atoms with E-state index in [1.54, 1.807) is 20.0 Å². The second-order valence-electron chi connectivity index (χ2n) is 5.19. The fourth-order valence-corrected chi connectivity index (χ4v) is 3.82. The van der Waals surface area contributed by atoms with E-state index in [-0.39, 0.29) is 4.90 Å². The summed E-state index contributed by atoms with van der Waals surface area (Å²) in [7, 11) is -1.98. The number of rotatable bonds is 7. The van der Waals surface area contributed by atoms with Crippen LogP contribution in [0.5, 0.6) is 0 Å². The third-order valence-corrected chi connectivity index (χ3v) is 5.46. The highest BCUT2D eigenvalue weighted by Gasteiger charge is 2.32. The zero-order chi connectivity index (χ0) is 14.8. The molecule has 0 spiro atoms. The molecule has 1 fully saturated rings. The molecule has 20 heavy (non-hydrogen) atoms. The molecule has 0 aromatic heterocycles. The third-order valence-electron chi connectivity index (χ3n) is 3.51. The van der Waals surface area contributed by atoms with Crippen LogP contribution in [0.4, 0.5) is 4.39 Å². The lowest BCUT2D eigenvalue weighted by atomic mass is 10.2. The second kappa shape index (κ2) is 6.20. The summed E-state index contributed by atoms with van der Waals surface area (Å²) in [5.74, 6) is -0.243. The van der Waals surface area contributed by atoms with E-state index in [9.17, 15) is 12.8 Å². The van der Waals surface area contributed by atoms with Crippen molar-refractivity contribution >= 4 is 10.0 Å². The Kier molecular flexibility index (Phi) is 4.78. The van der Waals surface area contributed by atoms with Gasteiger partial charge in [-0.15, -0.1) is 0 Å². The van der Waals surface area contributed by atoms with Crippen molar-refractivity contribution in [3.63, 3.8) is 0 Å². The Morgan fingerprint density at radius 3 is 2.65 bits per heavy atom. The van der Waals surface area contributed by atoms with Crippen LogP contribution in [0, 0.1) is 11.7 Å². The fourth-order valence-electron chi connectivity index (χ4n) is 2.18. The van der Waals surface area contributed by atoms with Crippen molar-refractivity contribution in [3.05, 3.63) is 29.6 Å². The van der Waals surface area contributed by atoms with Crippen LogP contribution in [0.15, 0.2) is 23.1 Å². The van der Waals surface area contributed by atoms with E-state index in [0.29, 0.717) is 25.6 Å². The lowest BCUT2D eigenvalue weighted by Crippen LogP contribution is -2.33. The number of benzene rings is 1. The van der Waals surface area contributed by atoms with E-state index in [2.05, 4.69) is 5.32 Å². The van der Waals surface area contributed by atoms with Gasteiger partial charge in [0.05, 0.1) is 0 Å². The monoisotopic (exact) mass is 300 g/mol. The van der Waals surface area contributed by atoms with Crippen molar-refractivity contribution in [2.45, 2.75) is 31.2 Å². The van der Waals surface area contributed by atoms with Gasteiger partial charge in [-0.1, -0.05) is 13.0 Å². The number of hydrogen-bond donors (Lipinski definition) is 1. The topological polar surface area (TPSA) is 49.4 Å². The first kappa shape index (κ1) is 15.4. The fraction of sp³-hybridized carbons (Fsp3) is 0.571. The van der Waals surface area contributed by atoms with Crippen LogP contribution in [-0.2, 0) is 16.6 Å². The van der Waals surface area contributed by atoms with E-state index in [0.717, 1.165) is 18.4 Å². The highest BCUT2D eigenvalue weighted by Crippen LogP contribution is 2.32. The van der Waals surface area contributed by atoms with E-state index >= 15 is 0 Å². The maximum atomic E-state index is 13.9. The summed E-state index contributed by atoms with van der Waals surface area (Å²) in [6.07, 6.45) is 2.13. The molecule has 0 aliphatic heterocycles. The maximum Gasteiger partial charge on any atom is 0.245 e. The van der Waals surface area contributed by atoms with Gasteiger partial charge in [0.15, 0.2) is 0 Å². The number of nitrogens with one attached hydrogen (secondary N) is 1. The van der Waals surface area contributed by atoms with Crippen LogP contribution in [-0.4, -0.2) is 32.9 Å². The van der Waals surface area contributed by atoms with Gasteiger partial charge in [-0.25, -0.2) is 12.8 Å². The quantitative estimate of drug-likeness (QED) is 0.837. The first-order valence-corrected chi connectivity index (χ1v) is 8.36. The van der Waals surface area contributed by atoms with Gasteiger partial charge < -0.3 is 5.32 Å². The Morgan fingerprint density at radius 2 is 2.10 bits per heavy atom. The summed E-state index contributed by atoms with van der Waals surface area (Å²) in [4.78, 5) is -0.215. The molecule has 0 saturated heterocycles. The van der Waals surface area contributed by atoms with Crippen LogP contribution in [0.2, 0.25) is 0 Å². The van der Waals surface area contributed by atoms with Crippen LogP contribution in [0.3, 0.4) is 0 Å². The van der Waals surface area contributed by atoms with Gasteiger partial charge in [0.1, 0.15) is 10.7 Å². The molecule has 0 atom stereocenters. The van der Waals surface area contributed by atoms with E-state index in [1.807, 2.05) is 0 Å². The molecule has 0 unspecified atom stereocenters. The third kappa shape index (κ3) is 3.37. The second-order valence-corrected chi connectivity index (χ2v) is 7.10. The smallest absolute Gasteiger partial charge is 0.245 e. The Bertz CT molecular complexity index is 571. The molecular formula is C14H21FN2O2S. The molecule has 0 amide bonds. The van der Waals surface area contributed by atoms with Crippen LogP contribution in [0.25, 0.3) is 0 Å². The molecule has 6 heteroatoms. The Morgan fingerprint density at radius 1 is 1.40 bits per heavy atom. The van der Waals surface area contributed by atoms with Crippen LogP contribution < -0.4 is 5.32 Å². The zero-order valence-electron chi connectivity index (χ0n) is 11.9.